The number of carbonyl (C=O) groups excluding carboxylic acids is 1. The first-order valence-electron chi connectivity index (χ1n) is 6.07. The molecule has 1 heterocycles. The van der Waals surface area contributed by atoms with Crippen molar-refractivity contribution in [2.45, 2.75) is 30.5 Å². The molecule has 0 saturated heterocycles. The molecule has 1 aromatic heterocycles. The fraction of sp³-hybridized carbons (Fsp3) is 0.667. The van der Waals surface area contributed by atoms with Crippen molar-refractivity contribution in [3.05, 3.63) is 18.0 Å². The van der Waals surface area contributed by atoms with E-state index < -0.39 is 0 Å². The SMILES string of the molecule is Cn1cc(C(=O)NCC2CCCCC2Br)cn1. The van der Waals surface area contributed by atoms with Crippen LogP contribution in [0.5, 0.6) is 0 Å². The van der Waals surface area contributed by atoms with Gasteiger partial charge in [-0.2, -0.15) is 5.10 Å². The zero-order chi connectivity index (χ0) is 12.3. The van der Waals surface area contributed by atoms with Crippen LogP contribution in [0, 0.1) is 5.92 Å². The van der Waals surface area contributed by atoms with Gasteiger partial charge in [-0.05, 0) is 18.8 Å². The van der Waals surface area contributed by atoms with E-state index in [2.05, 4.69) is 26.3 Å². The van der Waals surface area contributed by atoms with E-state index in [9.17, 15) is 4.79 Å². The Morgan fingerprint density at radius 2 is 2.35 bits per heavy atom. The molecular formula is C12H18BrN3O. The highest BCUT2D eigenvalue weighted by atomic mass is 79.9. The Morgan fingerprint density at radius 1 is 1.59 bits per heavy atom. The second-order valence-corrected chi connectivity index (χ2v) is 5.85. The van der Waals surface area contributed by atoms with Crippen LogP contribution in [0.1, 0.15) is 36.0 Å². The summed E-state index contributed by atoms with van der Waals surface area (Å²) in [7, 11) is 1.81. The van der Waals surface area contributed by atoms with Gasteiger partial charge in [0, 0.05) is 24.6 Å². The fourth-order valence-electron chi connectivity index (χ4n) is 2.26. The van der Waals surface area contributed by atoms with Gasteiger partial charge in [-0.25, -0.2) is 0 Å². The highest BCUT2D eigenvalue weighted by Gasteiger charge is 2.23. The van der Waals surface area contributed by atoms with Crippen molar-refractivity contribution in [2.75, 3.05) is 6.54 Å². The van der Waals surface area contributed by atoms with E-state index in [1.807, 2.05) is 7.05 Å². The normalized spacial score (nSPS) is 24.6. The fourth-order valence-corrected chi connectivity index (χ4v) is 3.03. The van der Waals surface area contributed by atoms with Gasteiger partial charge in [0.15, 0.2) is 0 Å². The smallest absolute Gasteiger partial charge is 0.254 e. The number of aromatic nitrogens is 2. The van der Waals surface area contributed by atoms with Crippen molar-refractivity contribution in [1.29, 1.82) is 0 Å². The molecule has 2 unspecified atom stereocenters. The van der Waals surface area contributed by atoms with Gasteiger partial charge in [0.1, 0.15) is 0 Å². The van der Waals surface area contributed by atoms with Crippen LogP contribution in [0.2, 0.25) is 0 Å². The standard InChI is InChI=1S/C12H18BrN3O/c1-16-8-10(7-15-16)12(17)14-6-9-4-2-3-5-11(9)13/h7-9,11H,2-6H2,1H3,(H,14,17). The minimum Gasteiger partial charge on any atom is -0.352 e. The van der Waals surface area contributed by atoms with Gasteiger partial charge in [-0.3, -0.25) is 9.48 Å². The highest BCUT2D eigenvalue weighted by Crippen LogP contribution is 2.29. The molecule has 17 heavy (non-hydrogen) atoms. The number of rotatable bonds is 3. The summed E-state index contributed by atoms with van der Waals surface area (Å²) in [6, 6.07) is 0. The van der Waals surface area contributed by atoms with Crippen LogP contribution in [-0.2, 0) is 7.05 Å². The number of nitrogens with one attached hydrogen (secondary N) is 1. The summed E-state index contributed by atoms with van der Waals surface area (Å²) in [5, 5.41) is 6.98. The third kappa shape index (κ3) is 3.31. The number of alkyl halides is 1. The first-order valence-corrected chi connectivity index (χ1v) is 6.99. The van der Waals surface area contributed by atoms with Crippen LogP contribution in [0.3, 0.4) is 0 Å². The zero-order valence-electron chi connectivity index (χ0n) is 10.0. The van der Waals surface area contributed by atoms with E-state index in [1.165, 1.54) is 25.7 Å². The van der Waals surface area contributed by atoms with Crippen LogP contribution in [0.25, 0.3) is 0 Å². The van der Waals surface area contributed by atoms with E-state index in [1.54, 1.807) is 17.1 Å². The molecule has 1 fully saturated rings. The molecular weight excluding hydrogens is 282 g/mol. The van der Waals surface area contributed by atoms with Gasteiger partial charge in [0.25, 0.3) is 5.91 Å². The summed E-state index contributed by atoms with van der Waals surface area (Å²) in [6.07, 6.45) is 8.32. The average molecular weight is 300 g/mol. The summed E-state index contributed by atoms with van der Waals surface area (Å²) < 4.78 is 1.64. The number of hydrogen-bond donors (Lipinski definition) is 1. The molecule has 2 rings (SSSR count). The van der Waals surface area contributed by atoms with Crippen LogP contribution in [0.15, 0.2) is 12.4 Å². The second kappa shape index (κ2) is 5.67. The van der Waals surface area contributed by atoms with Gasteiger partial charge in [-0.1, -0.05) is 28.8 Å². The van der Waals surface area contributed by atoms with E-state index in [-0.39, 0.29) is 5.91 Å². The quantitative estimate of drug-likeness (QED) is 0.869. The number of halogens is 1. The maximum atomic E-state index is 11.8. The minimum atomic E-state index is -0.0247. The Balaban J connectivity index is 1.83. The minimum absolute atomic E-state index is 0.0247. The molecule has 1 saturated carbocycles. The third-order valence-corrected chi connectivity index (χ3v) is 4.51. The van der Waals surface area contributed by atoms with Crippen molar-refractivity contribution in [3.63, 3.8) is 0 Å². The number of amides is 1. The number of hydrogen-bond acceptors (Lipinski definition) is 2. The van der Waals surface area contributed by atoms with E-state index in [0.29, 0.717) is 16.3 Å². The molecule has 4 nitrogen and oxygen atoms in total. The molecule has 0 spiro atoms. The predicted molar refractivity (Wildman–Crippen MR) is 70.2 cm³/mol. The van der Waals surface area contributed by atoms with Crippen LogP contribution in [-0.4, -0.2) is 27.1 Å². The maximum absolute atomic E-state index is 11.8. The predicted octanol–water partition coefficient (Wildman–Crippen LogP) is 2.10. The Bertz CT molecular complexity index is 391. The third-order valence-electron chi connectivity index (χ3n) is 3.31. The Morgan fingerprint density at radius 3 is 3.00 bits per heavy atom. The first-order chi connectivity index (χ1) is 8.16. The van der Waals surface area contributed by atoms with E-state index in [0.717, 1.165) is 6.54 Å². The lowest BCUT2D eigenvalue weighted by atomic mass is 9.89. The Kier molecular flexibility index (Phi) is 4.20. The molecule has 1 aliphatic carbocycles. The summed E-state index contributed by atoms with van der Waals surface area (Å²) in [5.74, 6) is 0.535. The summed E-state index contributed by atoms with van der Waals surface area (Å²) >= 11 is 3.70. The lowest BCUT2D eigenvalue weighted by Crippen LogP contribution is -2.34. The van der Waals surface area contributed by atoms with Crippen molar-refractivity contribution in [3.8, 4) is 0 Å². The molecule has 0 bridgehead atoms. The van der Waals surface area contributed by atoms with Gasteiger partial charge in [0.2, 0.25) is 0 Å². The zero-order valence-corrected chi connectivity index (χ0v) is 11.6. The summed E-state index contributed by atoms with van der Waals surface area (Å²) in [5.41, 5.74) is 0.634. The Hall–Kier alpha value is -0.840. The Labute approximate surface area is 110 Å². The first kappa shape index (κ1) is 12.6. The van der Waals surface area contributed by atoms with Crippen molar-refractivity contribution in [1.82, 2.24) is 15.1 Å². The number of nitrogens with zero attached hydrogens (tertiary/aromatic N) is 2. The van der Waals surface area contributed by atoms with Crippen molar-refractivity contribution < 1.29 is 4.79 Å². The monoisotopic (exact) mass is 299 g/mol. The molecule has 1 amide bonds. The highest BCUT2D eigenvalue weighted by molar-refractivity contribution is 9.09. The maximum Gasteiger partial charge on any atom is 0.254 e. The number of aryl methyl sites for hydroxylation is 1. The molecule has 0 aliphatic heterocycles. The van der Waals surface area contributed by atoms with Gasteiger partial charge in [0.05, 0.1) is 11.8 Å². The van der Waals surface area contributed by atoms with Gasteiger partial charge >= 0.3 is 0 Å². The molecule has 1 aromatic rings. The lowest BCUT2D eigenvalue weighted by Gasteiger charge is -2.27. The summed E-state index contributed by atoms with van der Waals surface area (Å²) in [4.78, 5) is 12.4. The molecule has 1 N–H and O–H groups in total. The summed E-state index contributed by atoms with van der Waals surface area (Å²) in [6.45, 7) is 0.754. The van der Waals surface area contributed by atoms with Crippen LogP contribution < -0.4 is 5.32 Å². The average Bonchev–Trinajstić information content (AvgIpc) is 2.74. The topological polar surface area (TPSA) is 46.9 Å². The van der Waals surface area contributed by atoms with Crippen molar-refractivity contribution >= 4 is 21.8 Å². The molecule has 94 valence electrons. The molecule has 0 radical (unpaired) electrons. The molecule has 2 atom stereocenters. The molecule has 5 heteroatoms. The van der Waals surface area contributed by atoms with Gasteiger partial charge in [-0.15, -0.1) is 0 Å². The van der Waals surface area contributed by atoms with Gasteiger partial charge < -0.3 is 5.32 Å². The van der Waals surface area contributed by atoms with Crippen LogP contribution >= 0.6 is 15.9 Å². The van der Waals surface area contributed by atoms with Crippen LogP contribution in [0.4, 0.5) is 0 Å². The molecule has 0 aromatic carbocycles. The molecule has 1 aliphatic rings. The number of carbonyl (C=O) groups is 1. The second-order valence-electron chi connectivity index (χ2n) is 4.67. The van der Waals surface area contributed by atoms with Crippen molar-refractivity contribution in [2.24, 2.45) is 13.0 Å². The van der Waals surface area contributed by atoms with E-state index >= 15 is 0 Å². The lowest BCUT2D eigenvalue weighted by molar-refractivity contribution is 0.0944. The largest absolute Gasteiger partial charge is 0.352 e. The van der Waals surface area contributed by atoms with E-state index in [4.69, 9.17) is 0 Å².